The quantitative estimate of drug-likeness (QED) is 0.677. The molecule has 3 rings (SSSR count). The van der Waals surface area contributed by atoms with Gasteiger partial charge in [-0.05, 0) is 29.8 Å². The van der Waals surface area contributed by atoms with Gasteiger partial charge in [0.05, 0.1) is 18.4 Å². The van der Waals surface area contributed by atoms with Crippen LogP contribution in [0.3, 0.4) is 0 Å². The Hall–Kier alpha value is -2.68. The average Bonchev–Trinajstić information content (AvgIpc) is 2.61. The van der Waals surface area contributed by atoms with Gasteiger partial charge in [0.25, 0.3) is 0 Å². The Morgan fingerprint density at radius 3 is 2.63 bits per heavy atom. The van der Waals surface area contributed by atoms with Crippen LogP contribution in [0.5, 0.6) is 5.88 Å². The van der Waals surface area contributed by atoms with E-state index >= 15 is 0 Å². The van der Waals surface area contributed by atoms with Crippen molar-refractivity contribution in [1.29, 1.82) is 0 Å². The first-order valence-electron chi connectivity index (χ1n) is 7.82. The normalized spacial score (nSPS) is 11.4. The molecule has 0 aliphatic carbocycles. The van der Waals surface area contributed by atoms with Crippen molar-refractivity contribution in [2.24, 2.45) is 5.14 Å². The lowest BCUT2D eigenvalue weighted by atomic mass is 10.1. The van der Waals surface area contributed by atoms with Gasteiger partial charge in [0.15, 0.2) is 0 Å². The van der Waals surface area contributed by atoms with Gasteiger partial charge in [-0.1, -0.05) is 29.8 Å². The largest absolute Gasteiger partial charge is 0.481 e. The van der Waals surface area contributed by atoms with E-state index < -0.39 is 10.0 Å². The van der Waals surface area contributed by atoms with E-state index in [1.54, 1.807) is 30.3 Å². The van der Waals surface area contributed by atoms with Crippen molar-refractivity contribution in [3.8, 4) is 5.88 Å². The van der Waals surface area contributed by atoms with Crippen molar-refractivity contribution < 1.29 is 17.9 Å². The zero-order chi connectivity index (χ0) is 19.6. The zero-order valence-electron chi connectivity index (χ0n) is 14.3. The number of carbonyl (C=O) groups excluding carboxylic acids is 1. The number of ether oxygens (including phenoxy) is 1. The van der Waals surface area contributed by atoms with Crippen LogP contribution in [0.1, 0.15) is 5.56 Å². The van der Waals surface area contributed by atoms with Crippen molar-refractivity contribution >= 4 is 44.0 Å². The Bertz CT molecular complexity index is 1130. The Kier molecular flexibility index (Phi) is 5.31. The van der Waals surface area contributed by atoms with Crippen LogP contribution >= 0.6 is 11.6 Å². The van der Waals surface area contributed by atoms with Crippen molar-refractivity contribution in [3.05, 3.63) is 59.2 Å². The van der Waals surface area contributed by atoms with E-state index in [1.807, 2.05) is 0 Å². The highest BCUT2D eigenvalue weighted by molar-refractivity contribution is 7.89. The lowest BCUT2D eigenvalue weighted by Gasteiger charge is -2.12. The van der Waals surface area contributed by atoms with E-state index in [0.29, 0.717) is 21.4 Å². The molecule has 0 unspecified atom stereocenters. The number of aromatic nitrogens is 1. The number of nitrogens with one attached hydrogen (secondary N) is 1. The topological polar surface area (TPSA) is 111 Å². The van der Waals surface area contributed by atoms with Crippen LogP contribution in [0.25, 0.3) is 10.8 Å². The summed E-state index contributed by atoms with van der Waals surface area (Å²) < 4.78 is 29.2. The molecule has 27 heavy (non-hydrogen) atoms. The summed E-state index contributed by atoms with van der Waals surface area (Å²) in [5.74, 6) is -0.134. The van der Waals surface area contributed by atoms with Crippen molar-refractivity contribution in [3.63, 3.8) is 0 Å². The maximum Gasteiger partial charge on any atom is 0.238 e. The van der Waals surface area contributed by atoms with Gasteiger partial charge < -0.3 is 10.1 Å². The fourth-order valence-electron chi connectivity index (χ4n) is 2.71. The summed E-state index contributed by atoms with van der Waals surface area (Å²) in [6.07, 6.45) is 1.46. The molecule has 0 saturated carbocycles. The minimum absolute atomic E-state index is 0.0343. The number of carbonyl (C=O) groups is 1. The lowest BCUT2D eigenvalue weighted by Crippen LogP contribution is -2.17. The molecule has 0 saturated heterocycles. The molecule has 0 bridgehead atoms. The third-order valence-electron chi connectivity index (χ3n) is 3.90. The van der Waals surface area contributed by atoms with E-state index in [0.717, 1.165) is 0 Å². The molecule has 1 heterocycles. The molecule has 0 aliphatic rings. The number of amides is 1. The van der Waals surface area contributed by atoms with E-state index in [9.17, 15) is 13.2 Å². The van der Waals surface area contributed by atoms with Gasteiger partial charge in [0, 0.05) is 27.7 Å². The fraction of sp³-hybridized carbons (Fsp3) is 0.111. The minimum atomic E-state index is -4.03. The second-order valence-corrected chi connectivity index (χ2v) is 7.69. The van der Waals surface area contributed by atoms with Crippen LogP contribution < -0.4 is 15.2 Å². The van der Waals surface area contributed by atoms with Gasteiger partial charge in [-0.3, -0.25) is 4.79 Å². The van der Waals surface area contributed by atoms with E-state index in [2.05, 4.69) is 10.3 Å². The molecule has 3 aromatic rings. The number of methoxy groups -OCH3 is 1. The van der Waals surface area contributed by atoms with Gasteiger partial charge in [0.1, 0.15) is 0 Å². The molecule has 0 aliphatic heterocycles. The maximum atomic E-state index is 12.4. The molecule has 2 aromatic carbocycles. The predicted octanol–water partition coefficient (Wildman–Crippen LogP) is 2.73. The lowest BCUT2D eigenvalue weighted by molar-refractivity contribution is -0.115. The van der Waals surface area contributed by atoms with E-state index in [4.69, 9.17) is 21.5 Å². The average molecular weight is 406 g/mol. The molecule has 7 nitrogen and oxygen atoms in total. The number of sulfonamides is 1. The van der Waals surface area contributed by atoms with Crippen LogP contribution in [0.2, 0.25) is 5.02 Å². The summed E-state index contributed by atoms with van der Waals surface area (Å²) in [6, 6.07) is 11.4. The highest BCUT2D eigenvalue weighted by Crippen LogP contribution is 2.31. The number of benzene rings is 2. The summed E-state index contributed by atoms with van der Waals surface area (Å²) in [5, 5.41) is 9.26. The Labute approximate surface area is 161 Å². The number of pyridine rings is 1. The third kappa shape index (κ3) is 4.19. The smallest absolute Gasteiger partial charge is 0.238 e. The van der Waals surface area contributed by atoms with Gasteiger partial charge in [-0.15, -0.1) is 0 Å². The second-order valence-electron chi connectivity index (χ2n) is 5.75. The van der Waals surface area contributed by atoms with Crippen LogP contribution in [-0.2, 0) is 21.2 Å². The molecule has 1 aromatic heterocycles. The number of anilines is 1. The third-order valence-corrected chi connectivity index (χ3v) is 5.22. The number of primary sulfonamides is 1. The Morgan fingerprint density at radius 1 is 1.22 bits per heavy atom. The monoisotopic (exact) mass is 405 g/mol. The van der Waals surface area contributed by atoms with E-state index in [-0.39, 0.29) is 28.8 Å². The summed E-state index contributed by atoms with van der Waals surface area (Å²) in [4.78, 5) is 16.3. The zero-order valence-corrected chi connectivity index (χ0v) is 15.8. The molecule has 9 heteroatoms. The number of fused-ring (bicyclic) bond motifs is 1. The number of rotatable bonds is 5. The maximum absolute atomic E-state index is 12.4. The number of nitrogens with zero attached hydrogens (tertiary/aromatic N) is 1. The fourth-order valence-corrected chi connectivity index (χ4v) is 3.69. The highest BCUT2D eigenvalue weighted by Gasteiger charge is 2.18. The van der Waals surface area contributed by atoms with Crippen molar-refractivity contribution in [2.75, 3.05) is 12.4 Å². The molecule has 3 N–H and O–H groups in total. The second kappa shape index (κ2) is 7.51. The SMILES string of the molecule is COc1nccc2c(S(N)(=O)=O)cc(NC(=O)Cc3ccccc3Cl)cc12. The highest BCUT2D eigenvalue weighted by atomic mass is 35.5. The predicted molar refractivity (Wildman–Crippen MR) is 103 cm³/mol. The summed E-state index contributed by atoms with van der Waals surface area (Å²) >= 11 is 6.07. The molecular weight excluding hydrogens is 390 g/mol. The van der Waals surface area contributed by atoms with Crippen molar-refractivity contribution in [2.45, 2.75) is 11.3 Å². The standard InChI is InChI=1S/C18H16ClN3O4S/c1-26-18-14-9-12(10-16(27(20,24)25)13(14)6-7-21-18)22-17(23)8-11-4-2-3-5-15(11)19/h2-7,9-10H,8H2,1H3,(H,22,23)(H2,20,24,25). The van der Waals surface area contributed by atoms with Gasteiger partial charge in [-0.25, -0.2) is 18.5 Å². The minimum Gasteiger partial charge on any atom is -0.481 e. The summed E-state index contributed by atoms with van der Waals surface area (Å²) in [5.41, 5.74) is 0.915. The Balaban J connectivity index is 2.02. The molecule has 140 valence electrons. The number of halogens is 1. The van der Waals surface area contributed by atoms with Gasteiger partial charge >= 0.3 is 0 Å². The summed E-state index contributed by atoms with van der Waals surface area (Å²) in [6.45, 7) is 0. The summed E-state index contributed by atoms with van der Waals surface area (Å²) in [7, 11) is -2.62. The first-order chi connectivity index (χ1) is 12.8. The Morgan fingerprint density at radius 2 is 1.96 bits per heavy atom. The van der Waals surface area contributed by atoms with Crippen molar-refractivity contribution in [1.82, 2.24) is 4.98 Å². The number of hydrogen-bond acceptors (Lipinski definition) is 5. The van der Waals surface area contributed by atoms with Crippen LogP contribution in [0.4, 0.5) is 5.69 Å². The van der Waals surface area contributed by atoms with Crippen LogP contribution in [0, 0.1) is 0 Å². The molecule has 0 fully saturated rings. The van der Waals surface area contributed by atoms with Gasteiger partial charge in [-0.2, -0.15) is 0 Å². The first-order valence-corrected chi connectivity index (χ1v) is 9.75. The number of hydrogen-bond donors (Lipinski definition) is 2. The molecule has 0 atom stereocenters. The van der Waals surface area contributed by atoms with Gasteiger partial charge in [0.2, 0.25) is 21.8 Å². The molecule has 0 spiro atoms. The molecule has 1 amide bonds. The van der Waals surface area contributed by atoms with Crippen LogP contribution in [-0.4, -0.2) is 26.4 Å². The molecular formula is C18H16ClN3O4S. The number of nitrogens with two attached hydrogens (primary N) is 1. The van der Waals surface area contributed by atoms with Crippen LogP contribution in [0.15, 0.2) is 53.6 Å². The molecule has 0 radical (unpaired) electrons. The first kappa shape index (κ1) is 19.1. The van der Waals surface area contributed by atoms with E-state index in [1.165, 1.54) is 25.4 Å².